The number of hydrogen-bond donors (Lipinski definition) is 1. The molecule has 0 bridgehead atoms. The highest BCUT2D eigenvalue weighted by Gasteiger charge is 2.31. The van der Waals surface area contributed by atoms with Crippen molar-refractivity contribution in [3.8, 4) is 10.6 Å². The average Bonchev–Trinajstić information content (AvgIpc) is 3.19. The molecule has 1 aliphatic rings. The van der Waals surface area contributed by atoms with Crippen molar-refractivity contribution >= 4 is 49.9 Å². The van der Waals surface area contributed by atoms with Gasteiger partial charge in [-0.1, -0.05) is 12.1 Å². The Balaban J connectivity index is 1.75. The van der Waals surface area contributed by atoms with Gasteiger partial charge >= 0.3 is 6.09 Å². The molecule has 2 aromatic heterocycles. The van der Waals surface area contributed by atoms with Gasteiger partial charge in [-0.3, -0.25) is 4.79 Å². The zero-order valence-electron chi connectivity index (χ0n) is 16.9. The highest BCUT2D eigenvalue weighted by Crippen LogP contribution is 2.45. The van der Waals surface area contributed by atoms with Crippen molar-refractivity contribution in [3.63, 3.8) is 0 Å². The Bertz CT molecular complexity index is 1060. The average molecular weight is 430 g/mol. The highest BCUT2D eigenvalue weighted by atomic mass is 32.1. The number of benzene rings is 1. The molecule has 0 radical (unpaired) electrons. The van der Waals surface area contributed by atoms with Gasteiger partial charge < -0.3 is 15.0 Å². The fraction of sp³-hybridized carbons (Fsp3) is 0.381. The third kappa shape index (κ3) is 4.13. The third-order valence-electron chi connectivity index (χ3n) is 4.50. The molecule has 0 saturated heterocycles. The number of hydrogen-bond acceptors (Lipinski definition) is 6. The topological polar surface area (TPSA) is 71.5 Å². The molecule has 2 amide bonds. The van der Waals surface area contributed by atoms with Crippen molar-refractivity contribution < 1.29 is 14.3 Å². The van der Waals surface area contributed by atoms with Crippen molar-refractivity contribution in [2.45, 2.75) is 46.3 Å². The molecule has 1 aromatic carbocycles. The quantitative estimate of drug-likeness (QED) is 0.602. The number of amides is 2. The predicted octanol–water partition coefficient (Wildman–Crippen LogP) is 5.28. The Morgan fingerprint density at radius 3 is 2.66 bits per heavy atom. The minimum Gasteiger partial charge on any atom is -0.444 e. The van der Waals surface area contributed by atoms with Crippen molar-refractivity contribution in [1.29, 1.82) is 0 Å². The molecule has 0 fully saturated rings. The van der Waals surface area contributed by atoms with Crippen LogP contribution in [0.3, 0.4) is 0 Å². The summed E-state index contributed by atoms with van der Waals surface area (Å²) in [7, 11) is 0. The van der Waals surface area contributed by atoms with Crippen molar-refractivity contribution in [1.82, 2.24) is 9.88 Å². The van der Waals surface area contributed by atoms with Gasteiger partial charge in [0.25, 0.3) is 0 Å². The maximum absolute atomic E-state index is 12.6. The summed E-state index contributed by atoms with van der Waals surface area (Å²) < 4.78 is 6.66. The normalized spacial score (nSPS) is 14.0. The van der Waals surface area contributed by atoms with Gasteiger partial charge in [-0.2, -0.15) is 0 Å². The standard InChI is InChI=1S/C21H23N3O3S2/c1-12(25)22-18-17(19-23-14-7-5-6-8-16(14)29-19)13-11-24(10-9-15(13)28-18)20(26)27-21(2,3)4/h5-8H,9-11H2,1-4H3,(H,22,25). The van der Waals surface area contributed by atoms with Crippen molar-refractivity contribution in [3.05, 3.63) is 34.7 Å². The van der Waals surface area contributed by atoms with E-state index < -0.39 is 5.60 Å². The minimum absolute atomic E-state index is 0.116. The van der Waals surface area contributed by atoms with Crippen LogP contribution in [0, 0.1) is 0 Å². The van der Waals surface area contributed by atoms with Crippen LogP contribution in [0.25, 0.3) is 20.8 Å². The van der Waals surface area contributed by atoms with Crippen molar-refractivity contribution in [2.24, 2.45) is 0 Å². The number of para-hydroxylation sites is 1. The Labute approximate surface area is 177 Å². The number of ether oxygens (including phenoxy) is 1. The van der Waals surface area contributed by atoms with E-state index in [1.165, 1.54) is 11.8 Å². The molecule has 8 heteroatoms. The first-order valence-corrected chi connectivity index (χ1v) is 11.1. The SMILES string of the molecule is CC(=O)Nc1sc2c(c1-c1nc3ccccc3s1)CN(C(=O)OC(C)(C)C)CC2. The zero-order chi connectivity index (χ0) is 20.8. The van der Waals surface area contributed by atoms with E-state index in [2.05, 4.69) is 5.32 Å². The summed E-state index contributed by atoms with van der Waals surface area (Å²) in [4.78, 5) is 32.1. The van der Waals surface area contributed by atoms with E-state index in [-0.39, 0.29) is 12.0 Å². The summed E-state index contributed by atoms with van der Waals surface area (Å²) in [5, 5.41) is 4.63. The van der Waals surface area contributed by atoms with Crippen molar-refractivity contribution in [2.75, 3.05) is 11.9 Å². The van der Waals surface area contributed by atoms with E-state index in [1.54, 1.807) is 27.6 Å². The van der Waals surface area contributed by atoms with Gasteiger partial charge in [0.15, 0.2) is 0 Å². The largest absolute Gasteiger partial charge is 0.444 e. The highest BCUT2D eigenvalue weighted by molar-refractivity contribution is 7.22. The fourth-order valence-electron chi connectivity index (χ4n) is 3.32. The lowest BCUT2D eigenvalue weighted by Crippen LogP contribution is -2.39. The first-order valence-electron chi connectivity index (χ1n) is 9.47. The molecule has 152 valence electrons. The molecule has 0 unspecified atom stereocenters. The van der Waals surface area contributed by atoms with Crippen LogP contribution in [0.1, 0.15) is 38.1 Å². The molecule has 3 aromatic rings. The first-order chi connectivity index (χ1) is 13.7. The summed E-state index contributed by atoms with van der Waals surface area (Å²) >= 11 is 3.18. The lowest BCUT2D eigenvalue weighted by Gasteiger charge is -2.30. The maximum Gasteiger partial charge on any atom is 0.410 e. The molecule has 0 saturated carbocycles. The monoisotopic (exact) mass is 429 g/mol. The van der Waals surface area contributed by atoms with E-state index in [4.69, 9.17) is 9.72 Å². The van der Waals surface area contributed by atoms with Crippen LogP contribution < -0.4 is 5.32 Å². The smallest absolute Gasteiger partial charge is 0.410 e. The van der Waals surface area contributed by atoms with Gasteiger partial charge in [0.1, 0.15) is 15.6 Å². The van der Waals surface area contributed by atoms with Gasteiger partial charge in [-0.05, 0) is 44.9 Å². The van der Waals surface area contributed by atoms with E-state index in [9.17, 15) is 9.59 Å². The van der Waals surface area contributed by atoms with Crippen LogP contribution in [0.2, 0.25) is 0 Å². The summed E-state index contributed by atoms with van der Waals surface area (Å²) in [6.07, 6.45) is 0.419. The maximum atomic E-state index is 12.6. The first kappa shape index (κ1) is 19.8. The molecule has 6 nitrogen and oxygen atoms in total. The number of fused-ring (bicyclic) bond motifs is 2. The van der Waals surface area contributed by atoms with Crippen LogP contribution >= 0.6 is 22.7 Å². The van der Waals surface area contributed by atoms with Crippen LogP contribution in [0.5, 0.6) is 0 Å². The molecule has 4 rings (SSSR count). The third-order valence-corrected chi connectivity index (χ3v) is 6.76. The Hall–Kier alpha value is -2.45. The number of aromatic nitrogens is 1. The summed E-state index contributed by atoms with van der Waals surface area (Å²) in [6.45, 7) is 8.16. The Kier molecular flexibility index (Phi) is 5.08. The van der Waals surface area contributed by atoms with E-state index in [0.717, 1.165) is 37.8 Å². The lowest BCUT2D eigenvalue weighted by molar-refractivity contribution is -0.114. The summed E-state index contributed by atoms with van der Waals surface area (Å²) in [5.74, 6) is -0.116. The molecule has 0 spiro atoms. The second kappa shape index (κ2) is 7.42. The van der Waals surface area contributed by atoms with Gasteiger partial charge in [-0.15, -0.1) is 22.7 Å². The number of nitrogens with one attached hydrogen (secondary N) is 1. The molecular formula is C21H23N3O3S2. The van der Waals surface area contributed by atoms with Crippen LogP contribution in [-0.4, -0.2) is 34.0 Å². The molecule has 1 N–H and O–H groups in total. The second-order valence-corrected chi connectivity index (χ2v) is 10.2. The number of anilines is 1. The second-order valence-electron chi connectivity index (χ2n) is 8.03. The molecule has 3 heterocycles. The fourth-order valence-corrected chi connectivity index (χ4v) is 5.68. The van der Waals surface area contributed by atoms with E-state index in [0.29, 0.717) is 13.1 Å². The predicted molar refractivity (Wildman–Crippen MR) is 118 cm³/mol. The molecule has 1 aliphatic heterocycles. The molecule has 0 atom stereocenters. The number of rotatable bonds is 2. The number of thiophene rings is 1. The Morgan fingerprint density at radius 2 is 1.97 bits per heavy atom. The lowest BCUT2D eigenvalue weighted by atomic mass is 10.0. The number of carbonyl (C=O) groups excluding carboxylic acids is 2. The molecule has 29 heavy (non-hydrogen) atoms. The van der Waals surface area contributed by atoms with Gasteiger partial charge in [0, 0.05) is 18.3 Å². The number of thiazole rings is 1. The van der Waals surface area contributed by atoms with Gasteiger partial charge in [-0.25, -0.2) is 9.78 Å². The van der Waals surface area contributed by atoms with Gasteiger partial charge in [0.2, 0.25) is 5.91 Å². The van der Waals surface area contributed by atoms with Crippen LogP contribution in [0.4, 0.5) is 9.80 Å². The minimum atomic E-state index is -0.538. The van der Waals surface area contributed by atoms with E-state index >= 15 is 0 Å². The molecule has 0 aliphatic carbocycles. The Morgan fingerprint density at radius 1 is 1.21 bits per heavy atom. The zero-order valence-corrected chi connectivity index (χ0v) is 18.5. The van der Waals surface area contributed by atoms with E-state index in [1.807, 2.05) is 45.0 Å². The number of carbonyl (C=O) groups is 2. The summed E-state index contributed by atoms with van der Waals surface area (Å²) in [6, 6.07) is 7.99. The number of nitrogens with zero attached hydrogens (tertiary/aromatic N) is 2. The molecular weight excluding hydrogens is 406 g/mol. The van der Waals surface area contributed by atoms with Crippen LogP contribution in [-0.2, 0) is 22.5 Å². The summed E-state index contributed by atoms with van der Waals surface area (Å²) in [5.41, 5.74) is 2.37. The van der Waals surface area contributed by atoms with Crippen LogP contribution in [0.15, 0.2) is 24.3 Å². The van der Waals surface area contributed by atoms with Gasteiger partial charge in [0.05, 0.1) is 22.3 Å².